The van der Waals surface area contributed by atoms with Crippen molar-refractivity contribution in [1.82, 2.24) is 14.5 Å². The molecule has 1 N–H and O–H groups in total. The second-order valence-corrected chi connectivity index (χ2v) is 6.51. The first-order chi connectivity index (χ1) is 9.88. The Morgan fingerprint density at radius 2 is 2.24 bits per heavy atom. The van der Waals surface area contributed by atoms with E-state index in [0.717, 1.165) is 17.6 Å². The van der Waals surface area contributed by atoms with Gasteiger partial charge in [-0.1, -0.05) is 23.4 Å². The van der Waals surface area contributed by atoms with Gasteiger partial charge in [0.05, 0.1) is 16.8 Å². The van der Waals surface area contributed by atoms with E-state index >= 15 is 0 Å². The smallest absolute Gasteiger partial charge is 0.313 e. The third kappa shape index (κ3) is 3.90. The van der Waals surface area contributed by atoms with Gasteiger partial charge in [-0.05, 0) is 39.2 Å². The second-order valence-electron chi connectivity index (χ2n) is 5.13. The van der Waals surface area contributed by atoms with E-state index in [2.05, 4.69) is 21.4 Å². The van der Waals surface area contributed by atoms with E-state index in [4.69, 9.17) is 16.7 Å². The Kier molecular flexibility index (Phi) is 5.13. The predicted octanol–water partition coefficient (Wildman–Crippen LogP) is 2.82. The average molecular weight is 328 g/mol. The van der Waals surface area contributed by atoms with Crippen molar-refractivity contribution in [3.05, 3.63) is 23.2 Å². The van der Waals surface area contributed by atoms with E-state index < -0.39 is 5.97 Å². The maximum atomic E-state index is 10.8. The number of benzene rings is 1. The van der Waals surface area contributed by atoms with Gasteiger partial charge in [-0.25, -0.2) is 4.98 Å². The molecular formula is C14H18ClN3O2S. The molecule has 1 aromatic heterocycles. The number of carboxylic acid groups (broad SMARTS) is 1. The van der Waals surface area contributed by atoms with Crippen molar-refractivity contribution >= 4 is 40.4 Å². The lowest BCUT2D eigenvalue weighted by molar-refractivity contribution is -0.133. The van der Waals surface area contributed by atoms with E-state index in [1.165, 1.54) is 11.8 Å². The van der Waals surface area contributed by atoms with Gasteiger partial charge in [0, 0.05) is 17.6 Å². The molecule has 0 saturated carbocycles. The van der Waals surface area contributed by atoms with Gasteiger partial charge >= 0.3 is 5.97 Å². The Morgan fingerprint density at radius 1 is 1.52 bits per heavy atom. The molecule has 1 atom stereocenters. The molecule has 7 heteroatoms. The Labute approximate surface area is 132 Å². The number of aromatic nitrogens is 2. The van der Waals surface area contributed by atoms with Crippen molar-refractivity contribution in [3.63, 3.8) is 0 Å². The van der Waals surface area contributed by atoms with Gasteiger partial charge in [0.25, 0.3) is 0 Å². The number of thioether (sulfide) groups is 1. The Morgan fingerprint density at radius 3 is 2.86 bits per heavy atom. The van der Waals surface area contributed by atoms with Crippen LogP contribution in [-0.4, -0.2) is 51.4 Å². The Hall–Kier alpha value is -1.24. The summed E-state index contributed by atoms with van der Waals surface area (Å²) >= 11 is 7.24. The molecule has 114 valence electrons. The minimum absolute atomic E-state index is 0.00655. The summed E-state index contributed by atoms with van der Waals surface area (Å²) in [7, 11) is 4.04. The summed E-state index contributed by atoms with van der Waals surface area (Å²) in [5.41, 5.74) is 1.77. The van der Waals surface area contributed by atoms with Gasteiger partial charge < -0.3 is 14.6 Å². The van der Waals surface area contributed by atoms with Gasteiger partial charge in [0.2, 0.25) is 0 Å². The molecule has 0 fully saturated rings. The van der Waals surface area contributed by atoms with Crippen LogP contribution < -0.4 is 0 Å². The number of fused-ring (bicyclic) bond motifs is 1. The first kappa shape index (κ1) is 16.1. The highest BCUT2D eigenvalue weighted by atomic mass is 35.5. The maximum absolute atomic E-state index is 10.8. The largest absolute Gasteiger partial charge is 0.481 e. The van der Waals surface area contributed by atoms with Crippen LogP contribution in [-0.2, 0) is 11.3 Å². The summed E-state index contributed by atoms with van der Waals surface area (Å²) in [4.78, 5) is 17.4. The first-order valence-corrected chi connectivity index (χ1v) is 7.91. The zero-order chi connectivity index (χ0) is 15.6. The molecule has 2 rings (SSSR count). The summed E-state index contributed by atoms with van der Waals surface area (Å²) in [5, 5.41) is 10.2. The van der Waals surface area contributed by atoms with Gasteiger partial charge in [-0.15, -0.1) is 0 Å². The van der Waals surface area contributed by atoms with E-state index in [1.807, 2.05) is 26.2 Å². The fourth-order valence-electron chi connectivity index (χ4n) is 1.92. The summed E-state index contributed by atoms with van der Waals surface area (Å²) < 4.78 is 2.06. The van der Waals surface area contributed by atoms with Gasteiger partial charge in [-0.3, -0.25) is 4.79 Å². The van der Waals surface area contributed by atoms with Crippen LogP contribution in [0, 0.1) is 0 Å². The monoisotopic (exact) mass is 327 g/mol. The number of hydrogen-bond acceptors (Lipinski definition) is 4. The topological polar surface area (TPSA) is 58.4 Å². The number of halogens is 1. The van der Waals surface area contributed by atoms with Crippen LogP contribution in [0.5, 0.6) is 0 Å². The number of hydrogen-bond donors (Lipinski definition) is 1. The van der Waals surface area contributed by atoms with E-state index in [1.54, 1.807) is 6.07 Å². The minimum Gasteiger partial charge on any atom is -0.481 e. The molecule has 1 aromatic carbocycles. The van der Waals surface area contributed by atoms with E-state index in [9.17, 15) is 4.79 Å². The van der Waals surface area contributed by atoms with Crippen LogP contribution in [0.1, 0.15) is 6.92 Å². The number of aliphatic carboxylic acids is 1. The number of carbonyl (C=O) groups is 1. The highest BCUT2D eigenvalue weighted by Crippen LogP contribution is 2.26. The third-order valence-electron chi connectivity index (χ3n) is 3.33. The molecule has 0 saturated heterocycles. The SMILES string of the molecule is CC(Cn1c(SCC(=O)O)nc2cc(Cl)ccc21)N(C)C. The summed E-state index contributed by atoms with van der Waals surface area (Å²) in [6.07, 6.45) is 0. The van der Waals surface area contributed by atoms with Gasteiger partial charge in [0.15, 0.2) is 5.16 Å². The van der Waals surface area contributed by atoms with Crippen LogP contribution in [0.2, 0.25) is 5.02 Å². The summed E-state index contributed by atoms with van der Waals surface area (Å²) in [6.45, 7) is 2.86. The van der Waals surface area contributed by atoms with Crippen molar-refractivity contribution in [2.75, 3.05) is 19.8 Å². The zero-order valence-electron chi connectivity index (χ0n) is 12.2. The van der Waals surface area contributed by atoms with Crippen LogP contribution >= 0.6 is 23.4 Å². The molecule has 1 unspecified atom stereocenters. The number of rotatable bonds is 6. The molecular weight excluding hydrogens is 310 g/mol. The normalized spacial score (nSPS) is 13.0. The lowest BCUT2D eigenvalue weighted by Gasteiger charge is -2.21. The van der Waals surface area contributed by atoms with E-state index in [0.29, 0.717) is 16.2 Å². The summed E-state index contributed by atoms with van der Waals surface area (Å²) in [5.74, 6) is -0.856. The van der Waals surface area contributed by atoms with Crippen molar-refractivity contribution in [3.8, 4) is 0 Å². The predicted molar refractivity (Wildman–Crippen MR) is 86.3 cm³/mol. The molecule has 21 heavy (non-hydrogen) atoms. The van der Waals surface area contributed by atoms with Crippen LogP contribution in [0.15, 0.2) is 23.4 Å². The fraction of sp³-hybridized carbons (Fsp3) is 0.429. The minimum atomic E-state index is -0.850. The molecule has 0 aliphatic carbocycles. The molecule has 0 spiro atoms. The molecule has 0 radical (unpaired) electrons. The van der Waals surface area contributed by atoms with Crippen molar-refractivity contribution in [2.24, 2.45) is 0 Å². The highest BCUT2D eigenvalue weighted by molar-refractivity contribution is 7.99. The quantitative estimate of drug-likeness (QED) is 0.827. The zero-order valence-corrected chi connectivity index (χ0v) is 13.8. The van der Waals surface area contributed by atoms with Crippen LogP contribution in [0.25, 0.3) is 11.0 Å². The Balaban J connectivity index is 2.41. The standard InChI is InChI=1S/C14H18ClN3O2S/c1-9(17(2)3)7-18-12-5-4-10(15)6-11(12)16-14(18)21-8-13(19)20/h4-6,9H,7-8H2,1-3H3,(H,19,20). The van der Waals surface area contributed by atoms with Crippen LogP contribution in [0.3, 0.4) is 0 Å². The van der Waals surface area contributed by atoms with Gasteiger partial charge in [-0.2, -0.15) is 0 Å². The van der Waals surface area contributed by atoms with Crippen LogP contribution in [0.4, 0.5) is 0 Å². The lowest BCUT2D eigenvalue weighted by atomic mass is 10.3. The highest BCUT2D eigenvalue weighted by Gasteiger charge is 2.16. The molecule has 0 aliphatic rings. The number of carboxylic acids is 1. The van der Waals surface area contributed by atoms with Crippen molar-refractivity contribution in [1.29, 1.82) is 0 Å². The number of imidazole rings is 1. The van der Waals surface area contributed by atoms with E-state index in [-0.39, 0.29) is 5.75 Å². The average Bonchev–Trinajstić information content (AvgIpc) is 2.73. The fourth-order valence-corrected chi connectivity index (χ4v) is 2.83. The molecule has 5 nitrogen and oxygen atoms in total. The second kappa shape index (κ2) is 6.68. The van der Waals surface area contributed by atoms with Gasteiger partial charge in [0.1, 0.15) is 0 Å². The number of likely N-dealkylation sites (N-methyl/N-ethyl adjacent to an activating group) is 1. The lowest BCUT2D eigenvalue weighted by Crippen LogP contribution is -2.29. The maximum Gasteiger partial charge on any atom is 0.313 e. The molecule has 0 amide bonds. The molecule has 2 aromatic rings. The third-order valence-corrected chi connectivity index (χ3v) is 4.52. The van der Waals surface area contributed by atoms with Crippen molar-refractivity contribution in [2.45, 2.75) is 24.7 Å². The molecule has 1 heterocycles. The summed E-state index contributed by atoms with van der Waals surface area (Å²) in [6, 6.07) is 5.87. The number of nitrogens with zero attached hydrogens (tertiary/aromatic N) is 3. The Bertz CT molecular complexity index is 657. The first-order valence-electron chi connectivity index (χ1n) is 6.55. The van der Waals surface area contributed by atoms with Crippen molar-refractivity contribution < 1.29 is 9.90 Å². The molecule has 0 bridgehead atoms. The molecule has 0 aliphatic heterocycles.